The van der Waals surface area contributed by atoms with Crippen LogP contribution in [0, 0.1) is 0 Å². The zero-order chi connectivity index (χ0) is 13.2. The minimum Gasteiger partial charge on any atom is -0.331 e. The highest BCUT2D eigenvalue weighted by molar-refractivity contribution is 7.09. The Balaban J connectivity index is 1.88. The minimum atomic E-state index is -0.288. The van der Waals surface area contributed by atoms with E-state index >= 15 is 0 Å². The average molecular weight is 271 g/mol. The maximum atomic E-state index is 11.7. The fourth-order valence-electron chi connectivity index (χ4n) is 1.37. The highest BCUT2D eigenvalue weighted by atomic mass is 32.1. The molecule has 2 amide bonds. The summed E-state index contributed by atoms with van der Waals surface area (Å²) < 4.78 is 4.22. The van der Waals surface area contributed by atoms with Gasteiger partial charge in [-0.2, -0.15) is 4.37 Å². The Bertz CT molecular complexity index is 422. The Morgan fingerprint density at radius 3 is 2.89 bits per heavy atom. The second kappa shape index (κ2) is 5.17. The summed E-state index contributed by atoms with van der Waals surface area (Å²) in [7, 11) is 0. The molecule has 0 saturated carbocycles. The molecule has 0 spiro atoms. The van der Waals surface area contributed by atoms with Gasteiger partial charge < -0.3 is 5.32 Å². The fraction of sp³-hybridized carbons (Fsp3) is 0.700. The van der Waals surface area contributed by atoms with E-state index in [2.05, 4.69) is 25.5 Å². The van der Waals surface area contributed by atoms with Crippen LogP contribution >= 0.6 is 11.5 Å². The van der Waals surface area contributed by atoms with Gasteiger partial charge in [0.25, 0.3) is 0 Å². The normalized spacial score (nSPS) is 19.8. The van der Waals surface area contributed by atoms with Crippen molar-refractivity contribution in [1.82, 2.24) is 20.2 Å². The van der Waals surface area contributed by atoms with E-state index < -0.39 is 0 Å². The van der Waals surface area contributed by atoms with Gasteiger partial charge in [-0.25, -0.2) is 15.3 Å². The van der Waals surface area contributed by atoms with E-state index in [0.717, 1.165) is 5.82 Å². The summed E-state index contributed by atoms with van der Waals surface area (Å²) >= 11 is 1.18. The molecule has 0 bridgehead atoms. The van der Waals surface area contributed by atoms with Crippen LogP contribution < -0.4 is 16.1 Å². The largest absolute Gasteiger partial charge is 0.331 e. The second-order valence-electron chi connectivity index (χ2n) is 5.13. The number of carbonyl (C=O) groups is 1. The van der Waals surface area contributed by atoms with Gasteiger partial charge in [-0.3, -0.25) is 10.2 Å². The van der Waals surface area contributed by atoms with Crippen molar-refractivity contribution in [2.75, 3.05) is 18.5 Å². The van der Waals surface area contributed by atoms with E-state index in [1.165, 1.54) is 11.5 Å². The van der Waals surface area contributed by atoms with Crippen LogP contribution in [0.5, 0.6) is 0 Å². The van der Waals surface area contributed by atoms with Crippen LogP contribution in [0.1, 0.15) is 26.6 Å². The van der Waals surface area contributed by atoms with E-state index in [-0.39, 0.29) is 17.5 Å². The van der Waals surface area contributed by atoms with Crippen molar-refractivity contribution < 1.29 is 9.63 Å². The maximum Gasteiger partial charge on any atom is 0.321 e. The molecule has 0 unspecified atom stereocenters. The number of hydroxylamine groups is 1. The van der Waals surface area contributed by atoms with Gasteiger partial charge in [0.15, 0.2) is 0 Å². The predicted octanol–water partition coefficient (Wildman–Crippen LogP) is 0.861. The zero-order valence-corrected chi connectivity index (χ0v) is 11.4. The van der Waals surface area contributed by atoms with Gasteiger partial charge in [-0.05, 0) is 0 Å². The van der Waals surface area contributed by atoms with Gasteiger partial charge in [-0.15, -0.1) is 0 Å². The van der Waals surface area contributed by atoms with E-state index in [1.54, 1.807) is 0 Å². The number of amides is 2. The first-order valence-corrected chi connectivity index (χ1v) is 6.49. The molecule has 18 heavy (non-hydrogen) atoms. The molecule has 1 atom stereocenters. The minimum absolute atomic E-state index is 0.0139. The molecule has 1 aromatic rings. The Morgan fingerprint density at radius 1 is 1.56 bits per heavy atom. The number of anilines is 1. The third-order valence-electron chi connectivity index (χ3n) is 2.37. The van der Waals surface area contributed by atoms with Crippen LogP contribution in [0.3, 0.4) is 0 Å². The van der Waals surface area contributed by atoms with Crippen LogP contribution in [-0.4, -0.2) is 34.6 Å². The molecule has 0 aliphatic carbocycles. The lowest BCUT2D eigenvalue weighted by Crippen LogP contribution is -2.40. The Hall–Kier alpha value is -1.25. The zero-order valence-electron chi connectivity index (χ0n) is 10.6. The summed E-state index contributed by atoms with van der Waals surface area (Å²) in [6, 6.07) is -0.302. The summed E-state index contributed by atoms with van der Waals surface area (Å²) in [5.74, 6) is 0.730. The topological polar surface area (TPSA) is 88.2 Å². The SMILES string of the molecule is CC(C)(C)c1nsc(NC(=O)N[C@@H]2CNOC2)n1. The van der Waals surface area contributed by atoms with Crippen LogP contribution in [0.15, 0.2) is 0 Å². The molecule has 7 nitrogen and oxygen atoms in total. The summed E-state index contributed by atoms with van der Waals surface area (Å²) in [5, 5.41) is 5.95. The van der Waals surface area contributed by atoms with Crippen LogP contribution in [0.25, 0.3) is 0 Å². The van der Waals surface area contributed by atoms with Crippen molar-refractivity contribution in [2.45, 2.75) is 32.2 Å². The highest BCUT2D eigenvalue weighted by Crippen LogP contribution is 2.22. The number of rotatable bonds is 2. The molecule has 0 aromatic carbocycles. The monoisotopic (exact) mass is 271 g/mol. The van der Waals surface area contributed by atoms with E-state index in [1.807, 2.05) is 20.8 Å². The fourth-order valence-corrected chi connectivity index (χ4v) is 2.12. The summed E-state index contributed by atoms with van der Waals surface area (Å²) in [5.41, 5.74) is 2.58. The molecule has 1 fully saturated rings. The molecule has 1 aliphatic heterocycles. The number of aromatic nitrogens is 2. The van der Waals surface area contributed by atoms with Gasteiger partial charge in [-0.1, -0.05) is 20.8 Å². The molecule has 3 N–H and O–H groups in total. The number of nitrogens with zero attached hydrogens (tertiary/aromatic N) is 2. The van der Waals surface area contributed by atoms with E-state index in [4.69, 9.17) is 4.84 Å². The van der Waals surface area contributed by atoms with Crippen molar-refractivity contribution in [1.29, 1.82) is 0 Å². The lowest BCUT2D eigenvalue weighted by molar-refractivity contribution is 0.0996. The number of urea groups is 1. The standard InChI is InChI=1S/C10H17N5O2S/c1-10(2,3)7-13-9(18-15-7)14-8(16)12-6-4-11-17-5-6/h6,11H,4-5H2,1-3H3,(H2,12,13,14,15,16)/t6-/m1/s1. The van der Waals surface area contributed by atoms with Gasteiger partial charge >= 0.3 is 6.03 Å². The summed E-state index contributed by atoms with van der Waals surface area (Å²) in [6.45, 7) is 7.16. The van der Waals surface area contributed by atoms with Crippen molar-refractivity contribution >= 4 is 22.7 Å². The van der Waals surface area contributed by atoms with Crippen molar-refractivity contribution in [2.24, 2.45) is 0 Å². The number of carbonyl (C=O) groups excluding carboxylic acids is 1. The van der Waals surface area contributed by atoms with Gasteiger partial charge in [0.1, 0.15) is 5.82 Å². The highest BCUT2D eigenvalue weighted by Gasteiger charge is 2.21. The Labute approximate surface area is 109 Å². The molecule has 1 aromatic heterocycles. The third-order valence-corrected chi connectivity index (χ3v) is 3.00. The van der Waals surface area contributed by atoms with E-state index in [0.29, 0.717) is 18.3 Å². The second-order valence-corrected chi connectivity index (χ2v) is 5.88. The molecule has 2 heterocycles. The number of hydrogen-bond donors (Lipinski definition) is 3. The third kappa shape index (κ3) is 3.37. The smallest absolute Gasteiger partial charge is 0.321 e. The lowest BCUT2D eigenvalue weighted by Gasteiger charge is -2.12. The molecular weight excluding hydrogens is 254 g/mol. The van der Waals surface area contributed by atoms with Crippen molar-refractivity contribution in [3.8, 4) is 0 Å². The maximum absolute atomic E-state index is 11.7. The van der Waals surface area contributed by atoms with Crippen LogP contribution in [-0.2, 0) is 10.3 Å². The summed E-state index contributed by atoms with van der Waals surface area (Å²) in [6.07, 6.45) is 0. The van der Waals surface area contributed by atoms with Crippen LogP contribution in [0.2, 0.25) is 0 Å². The number of nitrogens with one attached hydrogen (secondary N) is 3. The Morgan fingerprint density at radius 2 is 2.33 bits per heavy atom. The summed E-state index contributed by atoms with van der Waals surface area (Å²) in [4.78, 5) is 20.9. The first kappa shape index (κ1) is 13.2. The molecule has 100 valence electrons. The molecule has 1 saturated heterocycles. The average Bonchev–Trinajstić information content (AvgIpc) is 2.87. The quantitative estimate of drug-likeness (QED) is 0.742. The van der Waals surface area contributed by atoms with Crippen molar-refractivity contribution in [3.63, 3.8) is 0 Å². The van der Waals surface area contributed by atoms with Crippen molar-refractivity contribution in [3.05, 3.63) is 5.82 Å². The lowest BCUT2D eigenvalue weighted by atomic mass is 9.96. The van der Waals surface area contributed by atoms with Gasteiger partial charge in [0.05, 0.1) is 12.6 Å². The molecule has 8 heteroatoms. The molecular formula is C10H17N5O2S. The first-order valence-electron chi connectivity index (χ1n) is 5.71. The first-order chi connectivity index (χ1) is 8.45. The molecule has 2 rings (SSSR count). The predicted molar refractivity (Wildman–Crippen MR) is 68.5 cm³/mol. The van der Waals surface area contributed by atoms with E-state index in [9.17, 15) is 4.79 Å². The van der Waals surface area contributed by atoms with Gasteiger partial charge in [0.2, 0.25) is 5.13 Å². The van der Waals surface area contributed by atoms with Gasteiger partial charge in [0, 0.05) is 23.5 Å². The Kier molecular flexibility index (Phi) is 3.79. The molecule has 0 radical (unpaired) electrons. The number of hydrogen-bond acceptors (Lipinski definition) is 6. The van der Waals surface area contributed by atoms with Crippen LogP contribution in [0.4, 0.5) is 9.93 Å². The molecule has 1 aliphatic rings.